The quantitative estimate of drug-likeness (QED) is 0.671. The van der Waals surface area contributed by atoms with Crippen LogP contribution in [0.5, 0.6) is 0 Å². The Bertz CT molecular complexity index is 604. The summed E-state index contributed by atoms with van der Waals surface area (Å²) >= 11 is 0. The second-order valence-corrected chi connectivity index (χ2v) is 5.32. The number of fused-ring (bicyclic) bond motifs is 1. The summed E-state index contributed by atoms with van der Waals surface area (Å²) in [4.78, 5) is 34.9. The van der Waals surface area contributed by atoms with Gasteiger partial charge >= 0.3 is 5.97 Å². The number of hydrogen-bond donors (Lipinski definition) is 1. The van der Waals surface area contributed by atoms with E-state index >= 15 is 0 Å². The van der Waals surface area contributed by atoms with Gasteiger partial charge in [0, 0.05) is 11.3 Å². The number of ether oxygens (including phenoxy) is 1. The van der Waals surface area contributed by atoms with E-state index in [0.717, 1.165) is 24.1 Å². The lowest BCUT2D eigenvalue weighted by molar-refractivity contribution is -0.144. The molecule has 1 amide bonds. The Labute approximate surface area is 116 Å². The van der Waals surface area contributed by atoms with Crippen molar-refractivity contribution in [1.82, 2.24) is 0 Å². The van der Waals surface area contributed by atoms with Crippen molar-refractivity contribution >= 4 is 23.3 Å². The van der Waals surface area contributed by atoms with E-state index in [-0.39, 0.29) is 36.1 Å². The number of nitrogens with one attached hydrogen (secondary N) is 1. The molecule has 2 aliphatic rings. The van der Waals surface area contributed by atoms with Gasteiger partial charge in [-0.05, 0) is 43.5 Å². The van der Waals surface area contributed by atoms with Gasteiger partial charge < -0.3 is 10.1 Å². The van der Waals surface area contributed by atoms with Gasteiger partial charge in [-0.15, -0.1) is 0 Å². The van der Waals surface area contributed by atoms with E-state index in [1.54, 1.807) is 25.1 Å². The zero-order valence-electron chi connectivity index (χ0n) is 11.1. The Morgan fingerprint density at radius 1 is 1.35 bits per heavy atom. The van der Waals surface area contributed by atoms with E-state index in [2.05, 4.69) is 5.32 Å². The number of Topliss-reactive ketones (excluding diaryl/α,β-unsaturated/α-hetero) is 1. The second kappa shape index (κ2) is 4.74. The highest BCUT2D eigenvalue weighted by Crippen LogP contribution is 2.33. The predicted molar refractivity (Wildman–Crippen MR) is 71.5 cm³/mol. The van der Waals surface area contributed by atoms with Crippen LogP contribution in [0, 0.1) is 5.92 Å². The number of ketones is 1. The summed E-state index contributed by atoms with van der Waals surface area (Å²) in [6.07, 6.45) is 1.72. The summed E-state index contributed by atoms with van der Waals surface area (Å²) in [5.74, 6) is -0.862. The molecular formula is C15H15NO4. The smallest absolute Gasteiger partial charge is 0.309 e. The average molecular weight is 273 g/mol. The van der Waals surface area contributed by atoms with Gasteiger partial charge in [0.15, 0.2) is 12.4 Å². The van der Waals surface area contributed by atoms with Crippen LogP contribution in [0.25, 0.3) is 0 Å². The summed E-state index contributed by atoms with van der Waals surface area (Å²) in [5.41, 5.74) is 2.03. The van der Waals surface area contributed by atoms with Gasteiger partial charge in [-0.25, -0.2) is 0 Å². The van der Waals surface area contributed by atoms with Gasteiger partial charge in [-0.3, -0.25) is 14.4 Å². The molecule has 0 saturated heterocycles. The van der Waals surface area contributed by atoms with Crippen molar-refractivity contribution < 1.29 is 19.1 Å². The van der Waals surface area contributed by atoms with Gasteiger partial charge in [0.05, 0.1) is 11.8 Å². The lowest BCUT2D eigenvalue weighted by atomic mass is 9.99. The molecule has 0 spiro atoms. The largest absolute Gasteiger partial charge is 0.457 e. The first-order valence-electron chi connectivity index (χ1n) is 6.71. The fourth-order valence-corrected chi connectivity index (χ4v) is 2.25. The Kier molecular flexibility index (Phi) is 3.04. The summed E-state index contributed by atoms with van der Waals surface area (Å²) in [6.45, 7) is 1.56. The van der Waals surface area contributed by atoms with E-state index in [1.807, 2.05) is 0 Å². The number of esters is 1. The summed E-state index contributed by atoms with van der Waals surface area (Å²) in [5, 5.41) is 2.75. The fraction of sp³-hybridized carbons (Fsp3) is 0.400. The van der Waals surface area contributed by atoms with Crippen LogP contribution < -0.4 is 5.32 Å². The van der Waals surface area contributed by atoms with Crippen molar-refractivity contribution in [2.75, 3.05) is 11.9 Å². The molecule has 0 aromatic heterocycles. The standard InChI is InChI=1S/C15H15NO4/c1-8-11-6-10(4-5-12(11)16-14(8)18)13(17)7-20-15(19)9-2-3-9/h4-6,8-9H,2-3,7H2,1H3,(H,16,18)/t8-/m0/s1. The van der Waals surface area contributed by atoms with Crippen molar-refractivity contribution in [3.63, 3.8) is 0 Å². The molecule has 20 heavy (non-hydrogen) atoms. The molecule has 1 N–H and O–H groups in total. The number of hydrogen-bond acceptors (Lipinski definition) is 4. The number of amides is 1. The zero-order valence-corrected chi connectivity index (χ0v) is 11.1. The molecule has 3 rings (SSSR count). The third kappa shape index (κ3) is 2.31. The number of anilines is 1. The van der Waals surface area contributed by atoms with Crippen molar-refractivity contribution in [2.45, 2.75) is 25.7 Å². The SMILES string of the molecule is C[C@@H]1C(=O)Nc2ccc(C(=O)COC(=O)C3CC3)cc21. The molecule has 0 bridgehead atoms. The number of carbonyl (C=O) groups excluding carboxylic acids is 3. The van der Waals surface area contributed by atoms with E-state index in [4.69, 9.17) is 4.74 Å². The molecule has 1 fully saturated rings. The Morgan fingerprint density at radius 3 is 2.80 bits per heavy atom. The lowest BCUT2D eigenvalue weighted by Gasteiger charge is -2.06. The van der Waals surface area contributed by atoms with Crippen molar-refractivity contribution in [3.05, 3.63) is 29.3 Å². The summed E-state index contributed by atoms with van der Waals surface area (Å²) in [7, 11) is 0. The molecule has 104 valence electrons. The fourth-order valence-electron chi connectivity index (χ4n) is 2.25. The Hall–Kier alpha value is -2.17. The highest BCUT2D eigenvalue weighted by Gasteiger charge is 2.32. The van der Waals surface area contributed by atoms with Crippen LogP contribution in [0.4, 0.5) is 5.69 Å². The van der Waals surface area contributed by atoms with Crippen molar-refractivity contribution in [3.8, 4) is 0 Å². The van der Waals surface area contributed by atoms with Gasteiger partial charge in [0.25, 0.3) is 0 Å². The van der Waals surface area contributed by atoms with E-state index in [1.165, 1.54) is 0 Å². The third-order valence-electron chi connectivity index (χ3n) is 3.75. The van der Waals surface area contributed by atoms with E-state index < -0.39 is 0 Å². The molecule has 5 nitrogen and oxygen atoms in total. The minimum atomic E-state index is -0.287. The predicted octanol–water partition coefficient (Wildman–Crippen LogP) is 1.88. The molecule has 5 heteroatoms. The van der Waals surface area contributed by atoms with Crippen LogP contribution in [-0.4, -0.2) is 24.3 Å². The topological polar surface area (TPSA) is 72.5 Å². The van der Waals surface area contributed by atoms with E-state index in [9.17, 15) is 14.4 Å². The Morgan fingerprint density at radius 2 is 2.10 bits per heavy atom. The minimum absolute atomic E-state index is 0.00957. The van der Waals surface area contributed by atoms with Gasteiger partial charge in [-0.2, -0.15) is 0 Å². The first-order chi connectivity index (χ1) is 9.56. The van der Waals surface area contributed by atoms with Crippen molar-refractivity contribution in [1.29, 1.82) is 0 Å². The van der Waals surface area contributed by atoms with Crippen LogP contribution in [0.3, 0.4) is 0 Å². The molecule has 1 aliphatic heterocycles. The van der Waals surface area contributed by atoms with Gasteiger partial charge in [0.2, 0.25) is 5.91 Å². The maximum atomic E-state index is 12.0. The maximum absolute atomic E-state index is 12.0. The normalized spacial score (nSPS) is 20.2. The van der Waals surface area contributed by atoms with Crippen LogP contribution >= 0.6 is 0 Å². The molecule has 1 aromatic carbocycles. The monoisotopic (exact) mass is 273 g/mol. The highest BCUT2D eigenvalue weighted by atomic mass is 16.5. The summed E-state index contributed by atoms with van der Waals surface area (Å²) < 4.78 is 4.98. The minimum Gasteiger partial charge on any atom is -0.457 e. The molecule has 1 heterocycles. The molecule has 1 aliphatic carbocycles. The Balaban J connectivity index is 1.69. The van der Waals surface area contributed by atoms with Crippen LogP contribution in [-0.2, 0) is 14.3 Å². The first kappa shape index (κ1) is 12.8. The first-order valence-corrected chi connectivity index (χ1v) is 6.71. The maximum Gasteiger partial charge on any atom is 0.309 e. The van der Waals surface area contributed by atoms with Crippen LogP contribution in [0.15, 0.2) is 18.2 Å². The van der Waals surface area contributed by atoms with Crippen LogP contribution in [0.1, 0.15) is 41.6 Å². The molecule has 1 atom stereocenters. The average Bonchev–Trinajstić information content (AvgIpc) is 3.24. The molecule has 1 saturated carbocycles. The molecule has 0 unspecified atom stereocenters. The number of benzene rings is 1. The molecule has 1 aromatic rings. The van der Waals surface area contributed by atoms with Gasteiger partial charge in [0.1, 0.15) is 0 Å². The van der Waals surface area contributed by atoms with E-state index in [0.29, 0.717) is 5.56 Å². The van der Waals surface area contributed by atoms with Crippen LogP contribution in [0.2, 0.25) is 0 Å². The van der Waals surface area contributed by atoms with Gasteiger partial charge in [-0.1, -0.05) is 0 Å². The third-order valence-corrected chi connectivity index (χ3v) is 3.75. The number of rotatable bonds is 4. The zero-order chi connectivity index (χ0) is 14.3. The summed E-state index contributed by atoms with van der Waals surface area (Å²) in [6, 6.07) is 5.06. The number of carbonyl (C=O) groups is 3. The molecule has 0 radical (unpaired) electrons. The highest BCUT2D eigenvalue weighted by molar-refractivity contribution is 6.05. The molecular weight excluding hydrogens is 258 g/mol. The lowest BCUT2D eigenvalue weighted by Crippen LogP contribution is -2.15. The van der Waals surface area contributed by atoms with Crippen molar-refractivity contribution in [2.24, 2.45) is 5.92 Å². The second-order valence-electron chi connectivity index (χ2n) is 5.32.